The first kappa shape index (κ1) is 26.0. The minimum atomic E-state index is -1.85. The Hall–Kier alpha value is -1.01. The van der Waals surface area contributed by atoms with Crippen LogP contribution in [-0.2, 0) is 27.3 Å². The Bertz CT molecular complexity index is 485. The van der Waals surface area contributed by atoms with Gasteiger partial charge in [0, 0.05) is 11.1 Å². The second-order valence-electron chi connectivity index (χ2n) is 7.85. The van der Waals surface area contributed by atoms with E-state index in [1.165, 1.54) is 0 Å². The number of esters is 2. The highest BCUT2D eigenvalue weighted by Gasteiger charge is 2.27. The van der Waals surface area contributed by atoms with Gasteiger partial charge in [-0.15, -0.1) is 0 Å². The lowest BCUT2D eigenvalue weighted by Crippen LogP contribution is -2.39. The monoisotopic (exact) mass is 430 g/mol. The summed E-state index contributed by atoms with van der Waals surface area (Å²) in [5.74, 6) is -0.690. The van der Waals surface area contributed by atoms with E-state index in [1.54, 1.807) is 13.8 Å². The van der Waals surface area contributed by atoms with E-state index >= 15 is 0 Å². The van der Waals surface area contributed by atoms with Crippen LogP contribution in [0.15, 0.2) is 24.3 Å². The van der Waals surface area contributed by atoms with Gasteiger partial charge in [-0.1, -0.05) is 13.2 Å². The molecule has 0 bridgehead atoms. The molecular weight excluding hydrogens is 396 g/mol. The summed E-state index contributed by atoms with van der Waals surface area (Å²) in [6, 6.07) is 1.79. The fraction of sp³-hybridized carbons (Fsp3) is 0.667. The van der Waals surface area contributed by atoms with Gasteiger partial charge >= 0.3 is 21.9 Å². The number of ether oxygens (including phenoxy) is 2. The van der Waals surface area contributed by atoms with Gasteiger partial charge in [0.15, 0.2) is 16.6 Å². The van der Waals surface area contributed by atoms with Gasteiger partial charge in [-0.25, -0.2) is 9.59 Å². The van der Waals surface area contributed by atoms with Crippen molar-refractivity contribution in [2.45, 2.75) is 65.0 Å². The molecule has 2 radical (unpaired) electrons. The lowest BCUT2D eigenvalue weighted by molar-refractivity contribution is -0.139. The molecule has 0 aliphatic carbocycles. The van der Waals surface area contributed by atoms with Gasteiger partial charge in [-0.3, -0.25) is 0 Å². The normalized spacial score (nSPS) is 11.8. The first-order valence-electron chi connectivity index (χ1n) is 9.12. The van der Waals surface area contributed by atoms with E-state index in [0.717, 1.165) is 24.9 Å². The molecule has 0 amide bonds. The standard InChI is InChI=1S/C18H34O6Si3/c1-15(2)17(19)21-11-9-13-26(5,6)23-25-24-27(7,8)14-10-12-22-18(20)16(3)4/h1,3,9-14H2,2,4-8H3. The molecule has 0 N–H and O–H groups in total. The van der Waals surface area contributed by atoms with E-state index in [4.69, 9.17) is 17.7 Å². The van der Waals surface area contributed by atoms with Crippen molar-refractivity contribution in [3.63, 3.8) is 0 Å². The molecule has 0 fully saturated rings. The number of carbonyl (C=O) groups is 2. The highest BCUT2D eigenvalue weighted by atomic mass is 28.4. The molecule has 0 spiro atoms. The maximum Gasteiger partial charge on any atom is 0.410 e. The highest BCUT2D eigenvalue weighted by molar-refractivity contribution is 6.78. The maximum absolute atomic E-state index is 11.3. The van der Waals surface area contributed by atoms with Crippen LogP contribution in [0.1, 0.15) is 26.7 Å². The number of carbonyl (C=O) groups excluding carboxylic acids is 2. The third-order valence-corrected chi connectivity index (χ3v) is 11.8. The predicted octanol–water partition coefficient (Wildman–Crippen LogP) is 3.98. The van der Waals surface area contributed by atoms with E-state index in [2.05, 4.69) is 39.3 Å². The Morgan fingerprint density at radius 1 is 0.778 bits per heavy atom. The van der Waals surface area contributed by atoms with Gasteiger partial charge in [-0.05, 0) is 65.0 Å². The van der Waals surface area contributed by atoms with Crippen molar-refractivity contribution in [1.29, 1.82) is 0 Å². The minimum absolute atomic E-state index is 0.0212. The zero-order valence-electron chi connectivity index (χ0n) is 17.6. The molecule has 0 saturated carbocycles. The minimum Gasteiger partial charge on any atom is -0.462 e. The molecule has 0 unspecified atom stereocenters. The van der Waals surface area contributed by atoms with Gasteiger partial charge in [0.25, 0.3) is 0 Å². The van der Waals surface area contributed by atoms with Crippen LogP contribution in [0.5, 0.6) is 0 Å². The Kier molecular flexibility index (Phi) is 12.0. The average molecular weight is 431 g/mol. The number of hydrogen-bond acceptors (Lipinski definition) is 6. The second kappa shape index (κ2) is 12.4. The van der Waals surface area contributed by atoms with Crippen LogP contribution < -0.4 is 0 Å². The molecule has 0 aromatic carbocycles. The predicted molar refractivity (Wildman–Crippen MR) is 113 cm³/mol. The highest BCUT2D eigenvalue weighted by Crippen LogP contribution is 2.17. The first-order chi connectivity index (χ1) is 12.4. The van der Waals surface area contributed by atoms with Crippen LogP contribution in [0.4, 0.5) is 0 Å². The fourth-order valence-electron chi connectivity index (χ4n) is 1.92. The maximum atomic E-state index is 11.3. The third kappa shape index (κ3) is 13.8. The van der Waals surface area contributed by atoms with Crippen LogP contribution in [0, 0.1) is 0 Å². The van der Waals surface area contributed by atoms with Crippen LogP contribution in [0.2, 0.25) is 38.3 Å². The molecule has 27 heavy (non-hydrogen) atoms. The SMILES string of the molecule is C=C(C)C(=O)OCCC[Si](C)(C)O[Si]O[Si](C)(C)CCCOC(=O)C(=C)C. The molecule has 0 aromatic rings. The van der Waals surface area contributed by atoms with Crippen molar-refractivity contribution in [3.8, 4) is 0 Å². The summed E-state index contributed by atoms with van der Waals surface area (Å²) in [6.07, 6.45) is 1.55. The fourth-order valence-corrected chi connectivity index (χ4v) is 7.07. The van der Waals surface area contributed by atoms with E-state index < -0.39 is 16.6 Å². The van der Waals surface area contributed by atoms with E-state index in [1.807, 2.05) is 0 Å². The molecule has 0 atom stereocenters. The third-order valence-electron chi connectivity index (χ3n) is 3.65. The van der Waals surface area contributed by atoms with Crippen LogP contribution >= 0.6 is 0 Å². The van der Waals surface area contributed by atoms with Crippen molar-refractivity contribution in [2.75, 3.05) is 13.2 Å². The first-order valence-corrected chi connectivity index (χ1v) is 16.2. The molecule has 0 heterocycles. The van der Waals surface area contributed by atoms with Gasteiger partial charge in [0.05, 0.1) is 13.2 Å². The van der Waals surface area contributed by atoms with Crippen LogP contribution in [0.3, 0.4) is 0 Å². The van der Waals surface area contributed by atoms with Gasteiger partial charge in [0.2, 0.25) is 0 Å². The van der Waals surface area contributed by atoms with E-state index in [9.17, 15) is 9.59 Å². The van der Waals surface area contributed by atoms with Gasteiger partial charge in [-0.2, -0.15) is 0 Å². The second-order valence-corrected chi connectivity index (χ2v) is 17.7. The summed E-state index contributed by atoms with van der Waals surface area (Å²) < 4.78 is 22.3. The Labute approximate surface area is 168 Å². The summed E-state index contributed by atoms with van der Waals surface area (Å²) in [6.45, 7) is 19.7. The summed E-state index contributed by atoms with van der Waals surface area (Å²) in [7, 11) is -3.68. The molecular formula is C18H34O6Si3. The molecule has 0 aliphatic heterocycles. The summed E-state index contributed by atoms with van der Waals surface area (Å²) in [5, 5.41) is 0. The Morgan fingerprint density at radius 2 is 1.11 bits per heavy atom. The van der Waals surface area contributed by atoms with Crippen molar-refractivity contribution in [2.24, 2.45) is 0 Å². The van der Waals surface area contributed by atoms with Crippen LogP contribution in [-0.4, -0.2) is 51.8 Å². The van der Waals surface area contributed by atoms with Crippen molar-refractivity contribution in [3.05, 3.63) is 24.3 Å². The molecule has 0 aromatic heterocycles. The zero-order chi connectivity index (χ0) is 21.1. The quantitative estimate of drug-likeness (QED) is 0.180. The molecule has 6 nitrogen and oxygen atoms in total. The summed E-state index contributed by atoms with van der Waals surface area (Å²) >= 11 is 0. The van der Waals surface area contributed by atoms with Crippen molar-refractivity contribution in [1.82, 2.24) is 0 Å². The molecule has 0 saturated heterocycles. The number of rotatable bonds is 14. The van der Waals surface area contributed by atoms with Gasteiger partial charge in [0.1, 0.15) is 0 Å². The van der Waals surface area contributed by atoms with Crippen LogP contribution in [0.25, 0.3) is 0 Å². The number of hydrogen-bond donors (Lipinski definition) is 0. The lowest BCUT2D eigenvalue weighted by Gasteiger charge is -2.27. The zero-order valence-corrected chi connectivity index (χ0v) is 20.6. The lowest BCUT2D eigenvalue weighted by atomic mass is 10.4. The van der Waals surface area contributed by atoms with Crippen molar-refractivity contribution >= 4 is 38.6 Å². The van der Waals surface area contributed by atoms with Crippen molar-refractivity contribution < 1.29 is 27.3 Å². The Balaban J connectivity index is 3.98. The largest absolute Gasteiger partial charge is 0.462 e. The molecule has 0 rings (SSSR count). The smallest absolute Gasteiger partial charge is 0.410 e. The molecule has 154 valence electrons. The average Bonchev–Trinajstić information content (AvgIpc) is 2.54. The molecule has 0 aliphatic rings. The van der Waals surface area contributed by atoms with E-state index in [0.29, 0.717) is 24.4 Å². The van der Waals surface area contributed by atoms with Gasteiger partial charge < -0.3 is 17.7 Å². The van der Waals surface area contributed by atoms with E-state index in [-0.39, 0.29) is 21.9 Å². The topological polar surface area (TPSA) is 71.1 Å². The molecule has 9 heteroatoms. The Morgan fingerprint density at radius 3 is 1.41 bits per heavy atom. The summed E-state index contributed by atoms with van der Waals surface area (Å²) in [4.78, 5) is 22.7. The summed E-state index contributed by atoms with van der Waals surface area (Å²) in [5.41, 5.74) is 0.832.